The number of allylic oxidation sites excluding steroid dienone is 1. The average Bonchev–Trinajstić information content (AvgIpc) is 3.84. The number of aryl methyl sites for hydroxylation is 1. The predicted octanol–water partition coefficient (Wildman–Crippen LogP) is 12.8. The Morgan fingerprint density at radius 2 is 1.34 bits per heavy atom. The highest BCUT2D eigenvalue weighted by atomic mass is 16.3. The quantitative estimate of drug-likeness (QED) is 0.152. The summed E-state index contributed by atoms with van der Waals surface area (Å²) in [4.78, 5) is 4.90. The largest absolute Gasteiger partial charge is 0.454 e. The van der Waals surface area contributed by atoms with E-state index in [0.717, 1.165) is 86.2 Å². The lowest BCUT2D eigenvalue weighted by Gasteiger charge is -2.46. The minimum Gasteiger partial charge on any atom is -0.454 e. The van der Waals surface area contributed by atoms with E-state index in [1.165, 1.54) is 32.3 Å². The lowest BCUT2D eigenvalue weighted by atomic mass is 9.74. The first-order valence-corrected chi connectivity index (χ1v) is 20.1. The van der Waals surface area contributed by atoms with Crippen LogP contribution in [0.4, 0.5) is 28.4 Å². The van der Waals surface area contributed by atoms with Gasteiger partial charge in [0.05, 0.1) is 22.6 Å². The van der Waals surface area contributed by atoms with Crippen LogP contribution in [0.5, 0.6) is 0 Å². The van der Waals surface area contributed by atoms with E-state index in [-0.39, 0.29) is 0 Å². The van der Waals surface area contributed by atoms with E-state index in [4.69, 9.17) is 15.3 Å². The Morgan fingerprint density at radius 1 is 0.638 bits per heavy atom. The van der Waals surface area contributed by atoms with Crippen LogP contribution in [0.2, 0.25) is 0 Å². The molecule has 0 radical (unpaired) electrons. The van der Waals surface area contributed by atoms with Crippen LogP contribution in [-0.4, -0.2) is 5.54 Å². The zero-order valence-electron chi connectivity index (χ0n) is 32.5. The van der Waals surface area contributed by atoms with E-state index in [9.17, 15) is 0 Å². The first-order chi connectivity index (χ1) is 28.6. The van der Waals surface area contributed by atoms with Gasteiger partial charge in [-0.3, -0.25) is 0 Å². The molecule has 4 heteroatoms. The molecule has 58 heavy (non-hydrogen) atoms. The zero-order chi connectivity index (χ0) is 39.0. The molecule has 7 aromatic carbocycles. The number of para-hydroxylation sites is 5. The molecule has 0 fully saturated rings. The van der Waals surface area contributed by atoms with Crippen molar-refractivity contribution >= 4 is 89.8 Å². The molecule has 2 aliphatic rings. The van der Waals surface area contributed by atoms with Crippen molar-refractivity contribution in [2.75, 3.05) is 9.80 Å². The summed E-state index contributed by atoms with van der Waals surface area (Å²) in [6, 6.07) is 52.0. The van der Waals surface area contributed by atoms with Gasteiger partial charge < -0.3 is 18.6 Å². The van der Waals surface area contributed by atoms with E-state index in [2.05, 4.69) is 174 Å². The van der Waals surface area contributed by atoms with E-state index < -0.39 is 5.54 Å². The summed E-state index contributed by atoms with van der Waals surface area (Å²) in [5.41, 5.74) is 11.2. The second-order valence-electron chi connectivity index (χ2n) is 15.6. The Labute approximate surface area is 337 Å². The number of rotatable bonds is 7. The van der Waals surface area contributed by atoms with Crippen molar-refractivity contribution in [2.45, 2.75) is 38.6 Å². The topological polar surface area (TPSA) is 32.8 Å². The SMILES string of the molecule is C#Cc1oc2c(N(c3ccccc3)C3(C)CC=c4ccc5c(N(c6ccccc6)c6cccc7c6oc6ccccc67)ccc6c5c4=C3CC6)cccc2c1/C=C\C. The van der Waals surface area contributed by atoms with Crippen molar-refractivity contribution in [2.24, 2.45) is 0 Å². The van der Waals surface area contributed by atoms with Gasteiger partial charge in [-0.25, -0.2) is 0 Å². The van der Waals surface area contributed by atoms with Crippen LogP contribution in [0.25, 0.3) is 61.4 Å². The van der Waals surface area contributed by atoms with Crippen LogP contribution in [0.3, 0.4) is 0 Å². The normalized spacial score (nSPS) is 16.0. The maximum Gasteiger partial charge on any atom is 0.185 e. The zero-order valence-corrected chi connectivity index (χ0v) is 32.5. The highest BCUT2D eigenvalue weighted by molar-refractivity contribution is 6.12. The molecule has 1 atom stereocenters. The summed E-state index contributed by atoms with van der Waals surface area (Å²) in [5.74, 6) is 3.37. The van der Waals surface area contributed by atoms with Crippen LogP contribution >= 0.6 is 0 Å². The highest BCUT2D eigenvalue weighted by Crippen LogP contribution is 2.49. The van der Waals surface area contributed by atoms with E-state index >= 15 is 0 Å². The minimum absolute atomic E-state index is 0.423. The molecule has 4 nitrogen and oxygen atoms in total. The van der Waals surface area contributed by atoms with Crippen LogP contribution in [0.1, 0.15) is 43.6 Å². The summed E-state index contributed by atoms with van der Waals surface area (Å²) in [6.07, 6.45) is 15.3. The minimum atomic E-state index is -0.423. The van der Waals surface area contributed by atoms with E-state index in [0.29, 0.717) is 5.76 Å². The number of hydrogen-bond donors (Lipinski definition) is 0. The number of terminal acetylenes is 1. The first-order valence-electron chi connectivity index (χ1n) is 20.1. The van der Waals surface area contributed by atoms with Crippen molar-refractivity contribution in [1.29, 1.82) is 0 Å². The fourth-order valence-electron chi connectivity index (χ4n) is 9.90. The smallest absolute Gasteiger partial charge is 0.185 e. The van der Waals surface area contributed by atoms with Gasteiger partial charge in [0.25, 0.3) is 0 Å². The van der Waals surface area contributed by atoms with E-state index in [1.54, 1.807) is 0 Å². The predicted molar refractivity (Wildman–Crippen MR) is 242 cm³/mol. The van der Waals surface area contributed by atoms with Gasteiger partial charge in [-0.15, -0.1) is 6.42 Å². The molecule has 2 aliphatic carbocycles. The molecular formula is C54H40N2O2. The van der Waals surface area contributed by atoms with Gasteiger partial charge >= 0.3 is 0 Å². The third kappa shape index (κ3) is 4.96. The summed E-state index contributed by atoms with van der Waals surface area (Å²) in [5, 5.41) is 8.41. The van der Waals surface area contributed by atoms with Crippen molar-refractivity contribution < 1.29 is 8.83 Å². The third-order valence-electron chi connectivity index (χ3n) is 12.4. The second kappa shape index (κ2) is 13.2. The highest BCUT2D eigenvalue weighted by Gasteiger charge is 2.41. The lowest BCUT2D eigenvalue weighted by Crippen LogP contribution is -2.52. The molecule has 9 aromatic rings. The molecule has 0 amide bonds. The number of furan rings is 2. The molecule has 278 valence electrons. The molecular weight excluding hydrogens is 709 g/mol. The molecule has 11 rings (SSSR count). The Balaban J connectivity index is 1.18. The van der Waals surface area contributed by atoms with Crippen LogP contribution in [-0.2, 0) is 6.42 Å². The Bertz CT molecular complexity index is 3310. The van der Waals surface area contributed by atoms with Crippen LogP contribution in [0.15, 0.2) is 161 Å². The Morgan fingerprint density at radius 3 is 2.14 bits per heavy atom. The number of anilines is 5. The van der Waals surface area contributed by atoms with Crippen molar-refractivity contribution in [1.82, 2.24) is 0 Å². The molecule has 1 unspecified atom stereocenters. The van der Waals surface area contributed by atoms with Crippen LogP contribution < -0.4 is 20.2 Å². The lowest BCUT2D eigenvalue weighted by molar-refractivity contribution is 0.566. The van der Waals surface area contributed by atoms with Gasteiger partial charge in [0.2, 0.25) is 0 Å². The van der Waals surface area contributed by atoms with Gasteiger partial charge in [-0.05, 0) is 115 Å². The van der Waals surface area contributed by atoms with Crippen molar-refractivity contribution in [3.05, 3.63) is 179 Å². The maximum absolute atomic E-state index is 6.68. The molecule has 0 saturated carbocycles. The summed E-state index contributed by atoms with van der Waals surface area (Å²) in [7, 11) is 0. The molecule has 0 aliphatic heterocycles. The molecule has 0 N–H and O–H groups in total. The fraction of sp³-hybridized carbons (Fsp3) is 0.111. The fourth-order valence-corrected chi connectivity index (χ4v) is 9.90. The molecule has 2 heterocycles. The molecule has 2 aromatic heterocycles. The summed E-state index contributed by atoms with van der Waals surface area (Å²) >= 11 is 0. The van der Waals surface area contributed by atoms with Gasteiger partial charge in [0.1, 0.15) is 5.58 Å². The first kappa shape index (κ1) is 34.1. The van der Waals surface area contributed by atoms with Crippen molar-refractivity contribution in [3.8, 4) is 12.3 Å². The van der Waals surface area contributed by atoms with Crippen LogP contribution in [0, 0.1) is 12.3 Å². The average molecular weight is 749 g/mol. The van der Waals surface area contributed by atoms with E-state index in [1.807, 2.05) is 19.1 Å². The van der Waals surface area contributed by atoms with Gasteiger partial charge in [0, 0.05) is 38.5 Å². The summed E-state index contributed by atoms with van der Waals surface area (Å²) in [6.45, 7) is 4.43. The Hall–Kier alpha value is -7.22. The monoisotopic (exact) mass is 748 g/mol. The maximum atomic E-state index is 6.68. The van der Waals surface area contributed by atoms with Gasteiger partial charge in [0.15, 0.2) is 16.9 Å². The Kier molecular flexibility index (Phi) is 7.74. The molecule has 0 spiro atoms. The number of fused-ring (bicyclic) bond motifs is 4. The van der Waals surface area contributed by atoms with Crippen molar-refractivity contribution in [3.63, 3.8) is 0 Å². The molecule has 0 saturated heterocycles. The third-order valence-corrected chi connectivity index (χ3v) is 12.4. The standard InChI is InChI=1S/C54H40N2O2/c1-4-16-39-41-23-15-25-47(53(41)57-48(39)5-2)56(38-19-10-7-11-20-38)54(3)34-33-36-27-30-43-45(32-29-35-28-31-44(54)51(36)50(35)43)55(37-17-8-6-9-18-37)46-24-14-22-42-40-21-12-13-26-49(40)58-52(42)46/h2,4,6-27,29-30,32-33H,28,31,34H2,1,3H3/b16-4-. The summed E-state index contributed by atoms with van der Waals surface area (Å²) < 4.78 is 13.3. The van der Waals surface area contributed by atoms with Gasteiger partial charge in [-0.1, -0.05) is 115 Å². The number of hydrogen-bond acceptors (Lipinski definition) is 4. The number of benzene rings is 7. The van der Waals surface area contributed by atoms with Gasteiger partial charge in [-0.2, -0.15) is 0 Å². The number of nitrogens with zero attached hydrogens (tertiary/aromatic N) is 2. The molecule has 0 bridgehead atoms. The second-order valence-corrected chi connectivity index (χ2v) is 15.6.